The van der Waals surface area contributed by atoms with E-state index in [-0.39, 0.29) is 28.7 Å². The number of rotatable bonds is 16. The summed E-state index contributed by atoms with van der Waals surface area (Å²) in [6, 6.07) is 29.1. The van der Waals surface area contributed by atoms with Gasteiger partial charge in [0.2, 0.25) is 0 Å². The highest BCUT2D eigenvalue weighted by atomic mass is 28.4. The summed E-state index contributed by atoms with van der Waals surface area (Å²) in [4.78, 5) is 0. The van der Waals surface area contributed by atoms with Crippen molar-refractivity contribution in [3.8, 4) is 5.75 Å². The molecule has 3 aromatic rings. The van der Waals surface area contributed by atoms with Gasteiger partial charge in [-0.2, -0.15) is 0 Å². The van der Waals surface area contributed by atoms with Gasteiger partial charge in [-0.25, -0.2) is 0 Å². The van der Waals surface area contributed by atoms with Gasteiger partial charge in [0.25, 0.3) is 8.32 Å². The maximum atomic E-state index is 11.8. The Morgan fingerprint density at radius 1 is 0.804 bits per heavy atom. The highest BCUT2D eigenvalue weighted by Crippen LogP contribution is 2.40. The Hall–Kier alpha value is -2.53. The molecule has 0 saturated carbocycles. The molecule has 0 heterocycles. The van der Waals surface area contributed by atoms with E-state index in [9.17, 15) is 5.11 Å². The van der Waals surface area contributed by atoms with Crippen molar-refractivity contribution in [1.29, 1.82) is 0 Å². The Balaban J connectivity index is 1.80. The van der Waals surface area contributed by atoms with E-state index in [1.165, 1.54) is 10.4 Å². The molecule has 252 valence electrons. The van der Waals surface area contributed by atoms with E-state index in [1.807, 2.05) is 36.4 Å². The monoisotopic (exact) mass is 662 g/mol. The quantitative estimate of drug-likeness (QED) is 0.0954. The number of methoxy groups -OCH3 is 1. The van der Waals surface area contributed by atoms with Gasteiger partial charge in [0.1, 0.15) is 5.75 Å². The Kier molecular flexibility index (Phi) is 13.2. The van der Waals surface area contributed by atoms with Crippen molar-refractivity contribution >= 4 is 27.0 Å². The SMILES string of the molecule is C=C(CO[Si](c1ccccc1)(c1ccccc1)C(C)(C)C)[C@H](O)[C@H](C)[C@H](CCOCc1ccc(OC)cc1)O[Si](C)(C)C(C)(C)C. The van der Waals surface area contributed by atoms with Crippen LogP contribution in [0, 0.1) is 5.92 Å². The van der Waals surface area contributed by atoms with Crippen LogP contribution in [-0.2, 0) is 20.2 Å². The van der Waals surface area contributed by atoms with Gasteiger partial charge in [0, 0.05) is 12.5 Å². The van der Waals surface area contributed by atoms with Crippen LogP contribution in [0.1, 0.15) is 60.5 Å². The topological polar surface area (TPSA) is 57.2 Å². The number of aliphatic hydroxyl groups is 1. The summed E-state index contributed by atoms with van der Waals surface area (Å²) < 4.78 is 25.5. The van der Waals surface area contributed by atoms with E-state index >= 15 is 0 Å². The molecule has 0 unspecified atom stereocenters. The lowest BCUT2D eigenvalue weighted by atomic mass is 9.92. The molecule has 3 rings (SSSR count). The van der Waals surface area contributed by atoms with Crippen molar-refractivity contribution < 1.29 is 23.4 Å². The number of benzene rings is 3. The average molecular weight is 663 g/mol. The van der Waals surface area contributed by atoms with Gasteiger partial charge < -0.3 is 23.4 Å². The van der Waals surface area contributed by atoms with Crippen LogP contribution in [-0.4, -0.2) is 54.3 Å². The van der Waals surface area contributed by atoms with Crippen LogP contribution in [0.2, 0.25) is 23.2 Å². The summed E-state index contributed by atoms with van der Waals surface area (Å²) in [6.07, 6.45) is -0.324. The third-order valence-electron chi connectivity index (χ3n) is 9.62. The van der Waals surface area contributed by atoms with E-state index in [4.69, 9.17) is 18.3 Å². The summed E-state index contributed by atoms with van der Waals surface area (Å²) in [5.41, 5.74) is 1.76. The van der Waals surface area contributed by atoms with Crippen LogP contribution in [0.3, 0.4) is 0 Å². The number of ether oxygens (including phenoxy) is 2. The fraction of sp³-hybridized carbons (Fsp3) is 0.487. The molecule has 7 heteroatoms. The zero-order chi connectivity index (χ0) is 34.2. The molecule has 5 nitrogen and oxygen atoms in total. The van der Waals surface area contributed by atoms with Crippen molar-refractivity contribution in [3.05, 3.63) is 103 Å². The molecule has 0 fully saturated rings. The van der Waals surface area contributed by atoms with Crippen LogP contribution >= 0.6 is 0 Å². The molecule has 0 aromatic heterocycles. The number of hydrogen-bond donors (Lipinski definition) is 1. The van der Waals surface area contributed by atoms with Crippen LogP contribution in [0.25, 0.3) is 0 Å². The Morgan fingerprint density at radius 3 is 1.78 bits per heavy atom. The molecule has 0 spiro atoms. The molecule has 0 radical (unpaired) electrons. The minimum Gasteiger partial charge on any atom is -0.497 e. The van der Waals surface area contributed by atoms with E-state index in [0.717, 1.165) is 11.3 Å². The zero-order valence-corrected chi connectivity index (χ0v) is 31.9. The summed E-state index contributed by atoms with van der Waals surface area (Å²) in [6.45, 7) is 25.8. The minimum absolute atomic E-state index is 0.0310. The van der Waals surface area contributed by atoms with Crippen LogP contribution in [0.5, 0.6) is 5.75 Å². The second-order valence-electron chi connectivity index (χ2n) is 15.0. The van der Waals surface area contributed by atoms with E-state index < -0.39 is 22.7 Å². The molecule has 0 saturated heterocycles. The fourth-order valence-electron chi connectivity index (χ4n) is 5.72. The van der Waals surface area contributed by atoms with Crippen molar-refractivity contribution in [2.24, 2.45) is 5.92 Å². The molecule has 0 bridgehead atoms. The number of hydrogen-bond acceptors (Lipinski definition) is 5. The third-order valence-corrected chi connectivity index (χ3v) is 19.1. The van der Waals surface area contributed by atoms with Gasteiger partial charge in [-0.3, -0.25) is 0 Å². The molecular weight excluding hydrogens is 605 g/mol. The lowest BCUT2D eigenvalue weighted by Gasteiger charge is -2.44. The predicted molar refractivity (Wildman–Crippen MR) is 197 cm³/mol. The molecular formula is C39H58O5Si2. The summed E-state index contributed by atoms with van der Waals surface area (Å²) in [5, 5.41) is 14.1. The Labute approximate surface area is 281 Å². The standard InChI is InChI=1S/C39H58O5Si2/c1-30(28-43-46(39(6,7)8,34-18-14-12-15-19-34)35-20-16-13-17-21-35)37(40)31(2)36(44-45(10,11)38(3,4)5)26-27-42-29-32-22-24-33(41-9)25-23-32/h12-25,31,36-37,40H,1,26-29H2,2-11H3/t31-,36+,37+/m1/s1. The second kappa shape index (κ2) is 16.0. The van der Waals surface area contributed by atoms with Gasteiger partial charge in [0.05, 0.1) is 32.5 Å². The zero-order valence-electron chi connectivity index (χ0n) is 29.9. The average Bonchev–Trinajstić information content (AvgIpc) is 3.02. The first-order chi connectivity index (χ1) is 21.5. The summed E-state index contributed by atoms with van der Waals surface area (Å²) >= 11 is 0. The normalized spacial score (nSPS) is 14.8. The maximum Gasteiger partial charge on any atom is 0.261 e. The number of aliphatic hydroxyl groups excluding tert-OH is 1. The molecule has 1 N–H and O–H groups in total. The van der Waals surface area contributed by atoms with Crippen molar-refractivity contribution in [1.82, 2.24) is 0 Å². The molecule has 46 heavy (non-hydrogen) atoms. The van der Waals surface area contributed by atoms with E-state index in [1.54, 1.807) is 7.11 Å². The lowest BCUT2D eigenvalue weighted by molar-refractivity contribution is 0.0146. The van der Waals surface area contributed by atoms with E-state index in [2.05, 4.69) is 117 Å². The maximum absolute atomic E-state index is 11.8. The first kappa shape index (κ1) is 37.9. The first-order valence-corrected chi connectivity index (χ1v) is 21.3. The smallest absolute Gasteiger partial charge is 0.261 e. The third kappa shape index (κ3) is 9.30. The fourth-order valence-corrected chi connectivity index (χ4v) is 11.7. The highest BCUT2D eigenvalue weighted by Gasteiger charge is 2.50. The highest BCUT2D eigenvalue weighted by molar-refractivity contribution is 6.99. The summed E-state index contributed by atoms with van der Waals surface area (Å²) in [7, 11) is -3.25. The largest absolute Gasteiger partial charge is 0.497 e. The van der Waals surface area contributed by atoms with Gasteiger partial charge in [-0.05, 0) is 63.2 Å². The molecule has 0 aliphatic heterocycles. The minimum atomic E-state index is -2.77. The van der Waals surface area contributed by atoms with Gasteiger partial charge in [-0.15, -0.1) is 0 Å². The van der Waals surface area contributed by atoms with Gasteiger partial charge in [0.15, 0.2) is 8.32 Å². The molecule has 0 aliphatic rings. The van der Waals surface area contributed by atoms with E-state index in [0.29, 0.717) is 25.2 Å². The Morgan fingerprint density at radius 2 is 1.33 bits per heavy atom. The second-order valence-corrected chi connectivity index (χ2v) is 24.1. The Bertz CT molecular complexity index is 1310. The predicted octanol–water partition coefficient (Wildman–Crippen LogP) is 8.12. The molecule has 3 atom stereocenters. The summed E-state index contributed by atoms with van der Waals surface area (Å²) in [5.74, 6) is 0.627. The van der Waals surface area contributed by atoms with Crippen molar-refractivity contribution in [3.63, 3.8) is 0 Å². The van der Waals surface area contributed by atoms with Crippen LogP contribution in [0.4, 0.5) is 0 Å². The van der Waals surface area contributed by atoms with Crippen LogP contribution in [0.15, 0.2) is 97.1 Å². The molecule has 3 aromatic carbocycles. The van der Waals surface area contributed by atoms with Crippen LogP contribution < -0.4 is 15.1 Å². The van der Waals surface area contributed by atoms with Gasteiger partial charge in [-0.1, -0.05) is 128 Å². The molecule has 0 amide bonds. The van der Waals surface area contributed by atoms with Crippen molar-refractivity contribution in [2.45, 2.75) is 96.9 Å². The first-order valence-electron chi connectivity index (χ1n) is 16.5. The molecule has 0 aliphatic carbocycles. The lowest BCUT2D eigenvalue weighted by Crippen LogP contribution is -2.66. The van der Waals surface area contributed by atoms with Gasteiger partial charge >= 0.3 is 0 Å². The van der Waals surface area contributed by atoms with Crippen molar-refractivity contribution in [2.75, 3.05) is 20.3 Å².